The second-order valence-electron chi connectivity index (χ2n) is 6.28. The first kappa shape index (κ1) is 18.9. The molecule has 0 bridgehead atoms. The molecule has 25 heavy (non-hydrogen) atoms. The highest BCUT2D eigenvalue weighted by atomic mass is 16.5. The number of benzene rings is 1. The number of methoxy groups -OCH3 is 2. The van der Waals surface area contributed by atoms with E-state index in [-0.39, 0.29) is 17.0 Å². The molecule has 0 saturated carbocycles. The Labute approximate surface area is 147 Å². The van der Waals surface area contributed by atoms with Crippen molar-refractivity contribution in [3.8, 4) is 0 Å². The molecule has 0 spiro atoms. The lowest BCUT2D eigenvalue weighted by atomic mass is 9.93. The van der Waals surface area contributed by atoms with Crippen molar-refractivity contribution in [3.05, 3.63) is 29.3 Å². The zero-order valence-corrected chi connectivity index (χ0v) is 14.8. The van der Waals surface area contributed by atoms with Gasteiger partial charge >= 0.3 is 11.9 Å². The molecule has 1 aromatic carbocycles. The van der Waals surface area contributed by atoms with E-state index in [4.69, 9.17) is 0 Å². The highest BCUT2D eigenvalue weighted by Crippen LogP contribution is 2.22. The van der Waals surface area contributed by atoms with Crippen LogP contribution in [0.1, 0.15) is 40.0 Å². The van der Waals surface area contributed by atoms with Gasteiger partial charge in [0.2, 0.25) is 5.91 Å². The van der Waals surface area contributed by atoms with Crippen LogP contribution in [0.2, 0.25) is 0 Å². The number of amides is 1. The monoisotopic (exact) mass is 348 g/mol. The van der Waals surface area contributed by atoms with Gasteiger partial charge in [0.05, 0.1) is 25.3 Å². The number of hydrogen-bond acceptors (Lipinski definition) is 6. The minimum Gasteiger partial charge on any atom is -0.465 e. The van der Waals surface area contributed by atoms with Crippen molar-refractivity contribution in [1.82, 2.24) is 4.90 Å². The molecule has 1 heterocycles. The molecule has 1 aliphatic heterocycles. The maximum atomic E-state index is 12.3. The van der Waals surface area contributed by atoms with Crippen LogP contribution in [0, 0.1) is 5.92 Å². The Morgan fingerprint density at radius 3 is 2.04 bits per heavy atom. The van der Waals surface area contributed by atoms with Gasteiger partial charge in [-0.15, -0.1) is 0 Å². The molecule has 1 saturated heterocycles. The number of carbonyl (C=O) groups is 3. The molecule has 1 N–H and O–H groups in total. The van der Waals surface area contributed by atoms with Gasteiger partial charge in [-0.3, -0.25) is 4.79 Å². The molecular weight excluding hydrogens is 324 g/mol. The number of rotatable bonds is 5. The summed E-state index contributed by atoms with van der Waals surface area (Å²) in [5.74, 6) is -0.958. The van der Waals surface area contributed by atoms with Crippen molar-refractivity contribution < 1.29 is 23.9 Å². The summed E-state index contributed by atoms with van der Waals surface area (Å²) >= 11 is 0. The molecule has 0 atom stereocenters. The molecule has 0 radical (unpaired) electrons. The molecule has 1 aliphatic rings. The number of nitrogens with zero attached hydrogens (tertiary/aromatic N) is 1. The Morgan fingerprint density at radius 1 is 1.04 bits per heavy atom. The van der Waals surface area contributed by atoms with E-state index in [0.717, 1.165) is 25.9 Å². The van der Waals surface area contributed by atoms with Crippen LogP contribution in [-0.2, 0) is 14.3 Å². The summed E-state index contributed by atoms with van der Waals surface area (Å²) in [6.45, 7) is 1.98. The molecule has 7 nitrogen and oxygen atoms in total. The summed E-state index contributed by atoms with van der Waals surface area (Å²) in [6, 6.07) is 4.36. The van der Waals surface area contributed by atoms with Gasteiger partial charge in [0.15, 0.2) is 0 Å². The van der Waals surface area contributed by atoms with Crippen LogP contribution in [0.5, 0.6) is 0 Å². The predicted octanol–water partition coefficient (Wildman–Crippen LogP) is 1.93. The van der Waals surface area contributed by atoms with Gasteiger partial charge in [-0.25, -0.2) is 9.59 Å². The number of hydrogen-bond donors (Lipinski definition) is 1. The highest BCUT2D eigenvalue weighted by molar-refractivity contribution is 5.99. The zero-order chi connectivity index (χ0) is 18.4. The molecule has 1 fully saturated rings. The average molecular weight is 348 g/mol. The fourth-order valence-electron chi connectivity index (χ4n) is 2.91. The number of likely N-dealkylation sites (tertiary alicyclic amines) is 1. The third-order valence-corrected chi connectivity index (χ3v) is 4.37. The molecule has 136 valence electrons. The van der Waals surface area contributed by atoms with Gasteiger partial charge in [0.25, 0.3) is 0 Å². The molecule has 0 aromatic heterocycles. The first-order valence-electron chi connectivity index (χ1n) is 8.23. The maximum Gasteiger partial charge on any atom is 0.337 e. The smallest absolute Gasteiger partial charge is 0.337 e. The van der Waals surface area contributed by atoms with Crippen molar-refractivity contribution in [3.63, 3.8) is 0 Å². The summed E-state index contributed by atoms with van der Waals surface area (Å²) < 4.78 is 9.38. The number of nitrogens with one attached hydrogen (secondary N) is 1. The molecule has 2 rings (SSSR count). The van der Waals surface area contributed by atoms with Crippen LogP contribution >= 0.6 is 0 Å². The van der Waals surface area contributed by atoms with Crippen LogP contribution in [-0.4, -0.2) is 57.1 Å². The molecular formula is C18H24N2O5. The van der Waals surface area contributed by atoms with E-state index in [1.165, 1.54) is 32.4 Å². The van der Waals surface area contributed by atoms with Gasteiger partial charge in [0, 0.05) is 12.1 Å². The molecule has 0 unspecified atom stereocenters. The lowest BCUT2D eigenvalue weighted by molar-refractivity contribution is -0.117. The summed E-state index contributed by atoms with van der Waals surface area (Å²) in [5, 5.41) is 2.77. The van der Waals surface area contributed by atoms with Gasteiger partial charge in [-0.2, -0.15) is 0 Å². The predicted molar refractivity (Wildman–Crippen MR) is 92.6 cm³/mol. The minimum absolute atomic E-state index is 0.132. The van der Waals surface area contributed by atoms with E-state index < -0.39 is 11.9 Å². The van der Waals surface area contributed by atoms with Crippen molar-refractivity contribution in [2.45, 2.75) is 19.3 Å². The Bertz CT molecular complexity index is 617. The lowest BCUT2D eigenvalue weighted by Crippen LogP contribution is -2.32. The van der Waals surface area contributed by atoms with Gasteiger partial charge in [0.1, 0.15) is 0 Å². The second-order valence-corrected chi connectivity index (χ2v) is 6.28. The Balaban J connectivity index is 2.10. The van der Waals surface area contributed by atoms with Crippen molar-refractivity contribution in [2.24, 2.45) is 5.92 Å². The lowest BCUT2D eigenvalue weighted by Gasteiger charge is -2.28. The van der Waals surface area contributed by atoms with E-state index in [2.05, 4.69) is 26.7 Å². The van der Waals surface area contributed by atoms with Gasteiger partial charge in [-0.1, -0.05) is 0 Å². The van der Waals surface area contributed by atoms with Gasteiger partial charge < -0.3 is 19.7 Å². The normalized spacial score (nSPS) is 15.5. The SMILES string of the molecule is COC(=O)c1cc(NC(=O)CC2CCN(C)CC2)cc(C(=O)OC)c1. The van der Waals surface area contributed by atoms with Crippen molar-refractivity contribution in [2.75, 3.05) is 39.7 Å². The summed E-state index contributed by atoms with van der Waals surface area (Å²) in [7, 11) is 4.58. The van der Waals surface area contributed by atoms with E-state index in [0.29, 0.717) is 18.0 Å². The molecule has 1 amide bonds. The van der Waals surface area contributed by atoms with E-state index >= 15 is 0 Å². The Hall–Kier alpha value is -2.41. The average Bonchev–Trinajstić information content (AvgIpc) is 2.61. The third-order valence-electron chi connectivity index (χ3n) is 4.37. The first-order valence-corrected chi connectivity index (χ1v) is 8.23. The fraction of sp³-hybridized carbons (Fsp3) is 0.500. The third kappa shape index (κ3) is 5.29. The Kier molecular flexibility index (Phi) is 6.52. The fourth-order valence-corrected chi connectivity index (χ4v) is 2.91. The minimum atomic E-state index is -0.587. The van der Waals surface area contributed by atoms with Crippen LogP contribution in [0.3, 0.4) is 0 Å². The number of ether oxygens (including phenoxy) is 2. The van der Waals surface area contributed by atoms with Crippen LogP contribution in [0.15, 0.2) is 18.2 Å². The van der Waals surface area contributed by atoms with Gasteiger partial charge in [-0.05, 0) is 57.1 Å². The Morgan fingerprint density at radius 2 is 1.56 bits per heavy atom. The number of anilines is 1. The van der Waals surface area contributed by atoms with Crippen molar-refractivity contribution >= 4 is 23.5 Å². The van der Waals surface area contributed by atoms with E-state index in [1.54, 1.807) is 0 Å². The quantitative estimate of drug-likeness (QED) is 0.819. The standard InChI is InChI=1S/C18H24N2O5/c1-20-6-4-12(5-7-20)8-16(21)19-15-10-13(17(22)24-2)9-14(11-15)18(23)25-3/h9-12H,4-8H2,1-3H3,(H,19,21). The highest BCUT2D eigenvalue weighted by Gasteiger charge is 2.20. The summed E-state index contributed by atoms with van der Waals surface area (Å²) in [4.78, 5) is 38.1. The summed E-state index contributed by atoms with van der Waals surface area (Å²) in [6.07, 6.45) is 2.39. The van der Waals surface area contributed by atoms with Crippen LogP contribution in [0.4, 0.5) is 5.69 Å². The number of carbonyl (C=O) groups excluding carboxylic acids is 3. The van der Waals surface area contributed by atoms with E-state index in [1.807, 2.05) is 0 Å². The first-order chi connectivity index (χ1) is 11.9. The topological polar surface area (TPSA) is 84.9 Å². The maximum absolute atomic E-state index is 12.3. The molecule has 0 aliphatic carbocycles. The number of esters is 2. The molecule has 7 heteroatoms. The zero-order valence-electron chi connectivity index (χ0n) is 14.8. The largest absolute Gasteiger partial charge is 0.465 e. The second kappa shape index (κ2) is 8.62. The van der Waals surface area contributed by atoms with Crippen molar-refractivity contribution in [1.29, 1.82) is 0 Å². The number of piperidine rings is 1. The molecule has 1 aromatic rings. The van der Waals surface area contributed by atoms with E-state index in [9.17, 15) is 14.4 Å². The summed E-state index contributed by atoms with van der Waals surface area (Å²) in [5.41, 5.74) is 0.737. The van der Waals surface area contributed by atoms with Crippen LogP contribution < -0.4 is 5.32 Å². The van der Waals surface area contributed by atoms with Crippen LogP contribution in [0.25, 0.3) is 0 Å².